The van der Waals surface area contributed by atoms with Gasteiger partial charge in [-0.2, -0.15) is 0 Å². The Morgan fingerprint density at radius 3 is 2.52 bits per heavy atom. The fourth-order valence-corrected chi connectivity index (χ4v) is 3.65. The number of aliphatic hydroxyl groups is 1. The van der Waals surface area contributed by atoms with Gasteiger partial charge in [-0.15, -0.1) is 0 Å². The van der Waals surface area contributed by atoms with Gasteiger partial charge in [-0.05, 0) is 34.6 Å². The Morgan fingerprint density at radius 1 is 1.33 bits per heavy atom. The van der Waals surface area contributed by atoms with Crippen LogP contribution in [0.4, 0.5) is 5.69 Å². The maximum Gasteiger partial charge on any atom is 0.276 e. The number of morpholine rings is 1. The maximum absolute atomic E-state index is 12.5. The molecule has 2 atom stereocenters. The lowest BCUT2D eigenvalue weighted by Crippen LogP contribution is -2.46. The summed E-state index contributed by atoms with van der Waals surface area (Å²) in [5.41, 5.74) is 1.05. The molecule has 1 amide bonds. The molecular formula is C18H25ClN4O4. The maximum atomic E-state index is 12.5. The van der Waals surface area contributed by atoms with Crippen LogP contribution >= 0.6 is 11.6 Å². The van der Waals surface area contributed by atoms with Gasteiger partial charge in [0, 0.05) is 18.6 Å². The highest BCUT2D eigenvalue weighted by Gasteiger charge is 2.30. The molecule has 1 aliphatic heterocycles. The van der Waals surface area contributed by atoms with Crippen LogP contribution in [0.5, 0.6) is 0 Å². The monoisotopic (exact) mass is 396 g/mol. The number of nitrogens with zero attached hydrogens (tertiary/aromatic N) is 3. The van der Waals surface area contributed by atoms with E-state index in [-0.39, 0.29) is 40.6 Å². The highest BCUT2D eigenvalue weighted by molar-refractivity contribution is 6.37. The normalized spacial score (nSPS) is 20.9. The quantitative estimate of drug-likeness (QED) is 0.821. The number of ether oxygens (including phenoxy) is 1. The molecule has 9 heteroatoms. The summed E-state index contributed by atoms with van der Waals surface area (Å²) in [4.78, 5) is 19.0. The van der Waals surface area contributed by atoms with Crippen LogP contribution in [0.25, 0.3) is 11.1 Å². The first-order valence-corrected chi connectivity index (χ1v) is 9.30. The summed E-state index contributed by atoms with van der Waals surface area (Å²) in [6.07, 6.45) is 0.0183. The topological polar surface area (TPSA) is 101 Å². The summed E-state index contributed by atoms with van der Waals surface area (Å²) in [7, 11) is 0. The van der Waals surface area contributed by atoms with Crippen molar-refractivity contribution in [2.24, 2.45) is 0 Å². The number of aromatic nitrogens is 2. The van der Waals surface area contributed by atoms with E-state index in [0.29, 0.717) is 24.5 Å². The smallest absolute Gasteiger partial charge is 0.276 e. The Balaban J connectivity index is 2.08. The van der Waals surface area contributed by atoms with E-state index < -0.39 is 11.4 Å². The van der Waals surface area contributed by atoms with Crippen LogP contribution in [0, 0.1) is 0 Å². The van der Waals surface area contributed by atoms with Crippen LogP contribution in [-0.2, 0) is 11.3 Å². The lowest BCUT2D eigenvalue weighted by molar-refractivity contribution is -0.00533. The number of anilines is 1. The van der Waals surface area contributed by atoms with E-state index in [4.69, 9.17) is 20.9 Å². The molecule has 0 radical (unpaired) electrons. The number of amides is 1. The van der Waals surface area contributed by atoms with Crippen molar-refractivity contribution in [2.75, 3.05) is 18.0 Å². The van der Waals surface area contributed by atoms with Crippen LogP contribution in [0.1, 0.15) is 50.8 Å². The van der Waals surface area contributed by atoms with Crippen molar-refractivity contribution < 1.29 is 19.2 Å². The summed E-state index contributed by atoms with van der Waals surface area (Å²) in [5, 5.41) is 16.9. The van der Waals surface area contributed by atoms with E-state index in [2.05, 4.69) is 15.5 Å². The van der Waals surface area contributed by atoms with E-state index in [9.17, 15) is 9.90 Å². The lowest BCUT2D eigenvalue weighted by atomic mass is 10.1. The van der Waals surface area contributed by atoms with Crippen molar-refractivity contribution in [1.29, 1.82) is 0 Å². The molecular weight excluding hydrogens is 372 g/mol. The van der Waals surface area contributed by atoms with Crippen molar-refractivity contribution in [2.45, 2.75) is 59.0 Å². The highest BCUT2D eigenvalue weighted by Crippen LogP contribution is 2.37. The zero-order valence-corrected chi connectivity index (χ0v) is 16.9. The second-order valence-electron chi connectivity index (χ2n) is 7.95. The molecule has 1 aliphatic rings. The van der Waals surface area contributed by atoms with Gasteiger partial charge >= 0.3 is 0 Å². The number of carbonyl (C=O) groups is 1. The number of hydrogen-bond donors (Lipinski definition) is 2. The molecule has 148 valence electrons. The minimum absolute atomic E-state index is 0.00917. The summed E-state index contributed by atoms with van der Waals surface area (Å²) in [6.45, 7) is 10.4. The largest absolute Gasteiger partial charge is 0.390 e. The third-order valence-corrected chi connectivity index (χ3v) is 4.53. The van der Waals surface area contributed by atoms with Gasteiger partial charge in [0.1, 0.15) is 10.5 Å². The number of fused-ring (bicyclic) bond motifs is 1. The van der Waals surface area contributed by atoms with Crippen molar-refractivity contribution >= 4 is 34.3 Å². The molecule has 3 heterocycles. The van der Waals surface area contributed by atoms with Crippen molar-refractivity contribution in [3.05, 3.63) is 16.4 Å². The molecule has 0 spiro atoms. The minimum Gasteiger partial charge on any atom is -0.390 e. The van der Waals surface area contributed by atoms with Crippen LogP contribution in [0.15, 0.2) is 4.52 Å². The average molecular weight is 397 g/mol. The Kier molecular flexibility index (Phi) is 5.33. The fraction of sp³-hybridized carbons (Fsp3) is 0.611. The van der Waals surface area contributed by atoms with Gasteiger partial charge in [-0.3, -0.25) is 4.79 Å². The van der Waals surface area contributed by atoms with E-state index in [0.717, 1.165) is 0 Å². The van der Waals surface area contributed by atoms with Gasteiger partial charge in [-0.1, -0.05) is 16.8 Å². The molecule has 8 nitrogen and oxygen atoms in total. The van der Waals surface area contributed by atoms with E-state index in [1.54, 1.807) is 0 Å². The first-order valence-electron chi connectivity index (χ1n) is 8.92. The van der Waals surface area contributed by atoms with Crippen molar-refractivity contribution in [3.63, 3.8) is 0 Å². The molecule has 0 saturated carbocycles. The number of rotatable bonds is 3. The minimum atomic E-state index is -0.439. The van der Waals surface area contributed by atoms with E-state index in [1.165, 1.54) is 0 Å². The van der Waals surface area contributed by atoms with Crippen LogP contribution in [-0.4, -0.2) is 52.0 Å². The Labute approximate surface area is 162 Å². The molecule has 1 saturated heterocycles. The second-order valence-corrected chi connectivity index (χ2v) is 8.33. The number of hydrogen-bond acceptors (Lipinski definition) is 7. The van der Waals surface area contributed by atoms with Gasteiger partial charge in [0.05, 0.1) is 30.2 Å². The number of nitrogens with one attached hydrogen (secondary N) is 1. The molecule has 2 aromatic rings. The number of aliphatic hydroxyl groups excluding tert-OH is 1. The molecule has 0 unspecified atom stereocenters. The Hall–Kier alpha value is -1.90. The molecule has 3 rings (SSSR count). The molecule has 0 aliphatic carbocycles. The SMILES string of the molecule is C[C@@H]1CN(c2c(CO)nc3c(C(=O)NC(C)(C)C)noc3c2Cl)C[C@H](C)O1. The lowest BCUT2D eigenvalue weighted by Gasteiger charge is -2.37. The zero-order valence-electron chi connectivity index (χ0n) is 16.2. The van der Waals surface area contributed by atoms with Gasteiger partial charge in [-0.25, -0.2) is 4.98 Å². The molecule has 0 bridgehead atoms. The van der Waals surface area contributed by atoms with Crippen molar-refractivity contribution in [3.8, 4) is 0 Å². The van der Waals surface area contributed by atoms with Gasteiger partial charge in [0.15, 0.2) is 5.69 Å². The number of carbonyl (C=O) groups excluding carboxylic acids is 1. The molecule has 0 aromatic carbocycles. The summed E-state index contributed by atoms with van der Waals surface area (Å²) < 4.78 is 11.1. The standard InChI is InChI=1S/C18H25ClN4O4/c1-9-6-23(7-10(2)26-9)15-11(8-24)20-13-14(17(25)21-18(3,4)5)22-27-16(13)12(15)19/h9-10,24H,6-8H2,1-5H3,(H,21,25)/t9-,10+. The second kappa shape index (κ2) is 7.26. The van der Waals surface area contributed by atoms with Gasteiger partial charge in [0.2, 0.25) is 5.58 Å². The number of halogens is 1. The van der Waals surface area contributed by atoms with E-state index >= 15 is 0 Å². The molecule has 27 heavy (non-hydrogen) atoms. The fourth-order valence-electron chi connectivity index (χ4n) is 3.30. The number of pyridine rings is 1. The van der Waals surface area contributed by atoms with Crippen molar-refractivity contribution in [1.82, 2.24) is 15.5 Å². The third-order valence-electron chi connectivity index (χ3n) is 4.18. The summed E-state index contributed by atoms with van der Waals surface area (Å²) in [5.74, 6) is -0.407. The molecule has 2 aromatic heterocycles. The van der Waals surface area contributed by atoms with E-state index in [1.807, 2.05) is 39.5 Å². The predicted molar refractivity (Wildman–Crippen MR) is 102 cm³/mol. The Bertz CT molecular complexity index is 851. The van der Waals surface area contributed by atoms with Gasteiger partial charge in [0.25, 0.3) is 5.91 Å². The summed E-state index contributed by atoms with van der Waals surface area (Å²) >= 11 is 6.61. The third kappa shape index (κ3) is 4.02. The highest BCUT2D eigenvalue weighted by atomic mass is 35.5. The Morgan fingerprint density at radius 2 is 1.96 bits per heavy atom. The predicted octanol–water partition coefficient (Wildman–Crippen LogP) is 2.51. The summed E-state index contributed by atoms with van der Waals surface area (Å²) in [6, 6.07) is 0. The van der Waals surface area contributed by atoms with Gasteiger partial charge < -0.3 is 24.6 Å². The van der Waals surface area contributed by atoms with Crippen LogP contribution < -0.4 is 10.2 Å². The first kappa shape index (κ1) is 19.9. The van der Waals surface area contributed by atoms with Crippen LogP contribution in [0.2, 0.25) is 5.02 Å². The molecule has 1 fully saturated rings. The zero-order chi connectivity index (χ0) is 19.9. The van der Waals surface area contributed by atoms with Crippen LogP contribution in [0.3, 0.4) is 0 Å². The first-order chi connectivity index (χ1) is 12.6. The average Bonchev–Trinajstić information content (AvgIpc) is 2.96. The molecule has 2 N–H and O–H groups in total.